The molecule has 9 nitrogen and oxygen atoms in total. The van der Waals surface area contributed by atoms with Crippen LogP contribution >= 0.6 is 0 Å². The number of benzene rings is 1. The summed E-state index contributed by atoms with van der Waals surface area (Å²) in [4.78, 5) is 55.2. The first kappa shape index (κ1) is 25.7. The predicted octanol–water partition coefficient (Wildman–Crippen LogP) is 1.64. The topological polar surface area (TPSA) is 105 Å². The van der Waals surface area contributed by atoms with Gasteiger partial charge in [0.15, 0.2) is 0 Å². The minimum Gasteiger partial charge on any atom is -0.461 e. The van der Waals surface area contributed by atoms with E-state index in [4.69, 9.17) is 9.47 Å². The highest BCUT2D eigenvalue weighted by Gasteiger charge is 2.53. The van der Waals surface area contributed by atoms with Gasteiger partial charge >= 0.3 is 11.9 Å². The average Bonchev–Trinajstić information content (AvgIpc) is 2.77. The lowest BCUT2D eigenvalue weighted by Crippen LogP contribution is -2.73. The summed E-state index contributed by atoms with van der Waals surface area (Å²) in [6.45, 7) is 6.77. The van der Waals surface area contributed by atoms with Crippen LogP contribution in [0.1, 0.15) is 52.0 Å². The van der Waals surface area contributed by atoms with Crippen molar-refractivity contribution in [1.82, 2.24) is 15.1 Å². The first-order valence-corrected chi connectivity index (χ1v) is 11.7. The Hall–Kier alpha value is -2.94. The molecular weight excluding hydrogens is 438 g/mol. The molecule has 186 valence electrons. The minimum atomic E-state index is -1.03. The summed E-state index contributed by atoms with van der Waals surface area (Å²) in [6.07, 6.45) is 0.622. The lowest BCUT2D eigenvalue weighted by molar-refractivity contribution is -0.166. The SMILES string of the molecule is CN1CCC2(CC1)C(=O)NC(CC(=O)OCc1ccccc1)C(=O)N2CCC(=O)OC(C)(C)C. The van der Waals surface area contributed by atoms with E-state index in [0.717, 1.165) is 5.56 Å². The Morgan fingerprint density at radius 3 is 2.35 bits per heavy atom. The predicted molar refractivity (Wildman–Crippen MR) is 124 cm³/mol. The first-order valence-electron chi connectivity index (χ1n) is 11.7. The highest BCUT2D eigenvalue weighted by atomic mass is 16.6. The Balaban J connectivity index is 1.70. The highest BCUT2D eigenvalue weighted by Crippen LogP contribution is 2.33. The van der Waals surface area contributed by atoms with Gasteiger partial charge < -0.3 is 24.6 Å². The van der Waals surface area contributed by atoms with Crippen molar-refractivity contribution >= 4 is 23.8 Å². The molecule has 0 aliphatic carbocycles. The number of esters is 2. The fourth-order valence-corrected chi connectivity index (χ4v) is 4.38. The molecule has 2 aliphatic rings. The van der Waals surface area contributed by atoms with Gasteiger partial charge in [-0.15, -0.1) is 0 Å². The quantitative estimate of drug-likeness (QED) is 0.600. The summed E-state index contributed by atoms with van der Waals surface area (Å²) in [7, 11) is 1.96. The zero-order chi connectivity index (χ0) is 24.9. The summed E-state index contributed by atoms with van der Waals surface area (Å²) in [5, 5.41) is 2.76. The van der Waals surface area contributed by atoms with Gasteiger partial charge in [0.1, 0.15) is 23.8 Å². The number of ether oxygens (including phenoxy) is 2. The van der Waals surface area contributed by atoms with E-state index in [0.29, 0.717) is 25.9 Å². The van der Waals surface area contributed by atoms with Crippen LogP contribution in [0.4, 0.5) is 0 Å². The van der Waals surface area contributed by atoms with Crippen LogP contribution in [0, 0.1) is 0 Å². The number of likely N-dealkylation sites (tertiary alicyclic amines) is 1. The number of nitrogens with zero attached hydrogens (tertiary/aromatic N) is 2. The molecule has 2 amide bonds. The van der Waals surface area contributed by atoms with Crippen molar-refractivity contribution < 1.29 is 28.7 Å². The van der Waals surface area contributed by atoms with E-state index in [9.17, 15) is 19.2 Å². The van der Waals surface area contributed by atoms with Crippen molar-refractivity contribution in [1.29, 1.82) is 0 Å². The normalized spacial score (nSPS) is 20.7. The third kappa shape index (κ3) is 6.34. The van der Waals surface area contributed by atoms with Crippen LogP contribution in [0.25, 0.3) is 0 Å². The monoisotopic (exact) mass is 473 g/mol. The third-order valence-electron chi connectivity index (χ3n) is 6.20. The molecule has 0 radical (unpaired) electrons. The van der Waals surface area contributed by atoms with Gasteiger partial charge in [-0.25, -0.2) is 0 Å². The van der Waals surface area contributed by atoms with E-state index >= 15 is 0 Å². The zero-order valence-corrected chi connectivity index (χ0v) is 20.5. The number of hydrogen-bond acceptors (Lipinski definition) is 7. The number of amides is 2. The molecule has 1 atom stereocenters. The zero-order valence-electron chi connectivity index (χ0n) is 20.5. The smallest absolute Gasteiger partial charge is 0.308 e. The number of piperazine rings is 1. The molecule has 0 aromatic heterocycles. The second-order valence-corrected chi connectivity index (χ2v) is 10.0. The van der Waals surface area contributed by atoms with Crippen LogP contribution < -0.4 is 5.32 Å². The Bertz CT molecular complexity index is 903. The fourth-order valence-electron chi connectivity index (χ4n) is 4.38. The van der Waals surface area contributed by atoms with E-state index in [1.165, 1.54) is 4.90 Å². The number of nitrogens with one attached hydrogen (secondary N) is 1. The maximum atomic E-state index is 13.5. The summed E-state index contributed by atoms with van der Waals surface area (Å²) >= 11 is 0. The van der Waals surface area contributed by atoms with Gasteiger partial charge in [-0.3, -0.25) is 19.2 Å². The van der Waals surface area contributed by atoms with Gasteiger partial charge in [-0.1, -0.05) is 30.3 Å². The molecule has 2 fully saturated rings. The standard InChI is InChI=1S/C25H35N3O6/c1-24(2,3)34-20(29)10-13-28-22(31)19(16-21(30)33-17-18-8-6-5-7-9-18)26-23(32)25(28)11-14-27(4)15-12-25/h5-9,19H,10-17H2,1-4H3,(H,26,32). The van der Waals surface area contributed by atoms with Gasteiger partial charge in [0.2, 0.25) is 11.8 Å². The van der Waals surface area contributed by atoms with Crippen molar-refractivity contribution in [3.63, 3.8) is 0 Å². The van der Waals surface area contributed by atoms with Crippen LogP contribution in [0.3, 0.4) is 0 Å². The maximum absolute atomic E-state index is 13.5. The van der Waals surface area contributed by atoms with Crippen LogP contribution in [-0.4, -0.2) is 77.4 Å². The lowest BCUT2D eigenvalue weighted by Gasteiger charge is -2.51. The fraction of sp³-hybridized carbons (Fsp3) is 0.600. The highest BCUT2D eigenvalue weighted by molar-refractivity contribution is 6.01. The Kier molecular flexibility index (Phi) is 7.97. The van der Waals surface area contributed by atoms with Crippen LogP contribution in [0.15, 0.2) is 30.3 Å². The number of carbonyl (C=O) groups excluding carboxylic acids is 4. The Morgan fingerprint density at radius 2 is 1.74 bits per heavy atom. The molecule has 1 unspecified atom stereocenters. The largest absolute Gasteiger partial charge is 0.461 e. The summed E-state index contributed by atoms with van der Waals surface area (Å²) in [5.41, 5.74) is -0.841. The molecule has 0 saturated carbocycles. The molecular formula is C25H35N3O6. The Labute approximate surface area is 200 Å². The summed E-state index contributed by atoms with van der Waals surface area (Å²) in [5.74, 6) is -1.67. The molecule has 0 bridgehead atoms. The second kappa shape index (κ2) is 10.5. The van der Waals surface area contributed by atoms with E-state index in [1.807, 2.05) is 37.4 Å². The van der Waals surface area contributed by atoms with Crippen LogP contribution in [-0.2, 0) is 35.3 Å². The van der Waals surface area contributed by atoms with Crippen molar-refractivity contribution in [2.45, 2.75) is 70.2 Å². The van der Waals surface area contributed by atoms with Gasteiger partial charge in [0.25, 0.3) is 0 Å². The molecule has 1 aromatic rings. The molecule has 2 aliphatic heterocycles. The number of rotatable bonds is 7. The van der Waals surface area contributed by atoms with E-state index < -0.39 is 29.1 Å². The molecule has 2 saturated heterocycles. The van der Waals surface area contributed by atoms with Gasteiger partial charge in [-0.05, 0) is 46.2 Å². The van der Waals surface area contributed by atoms with Crippen molar-refractivity contribution in [3.8, 4) is 0 Å². The third-order valence-corrected chi connectivity index (χ3v) is 6.20. The second-order valence-electron chi connectivity index (χ2n) is 10.0. The van der Waals surface area contributed by atoms with Gasteiger partial charge in [-0.2, -0.15) is 0 Å². The lowest BCUT2D eigenvalue weighted by atomic mass is 9.81. The van der Waals surface area contributed by atoms with Gasteiger partial charge in [0.05, 0.1) is 12.8 Å². The Morgan fingerprint density at radius 1 is 1.09 bits per heavy atom. The average molecular weight is 474 g/mol. The van der Waals surface area contributed by atoms with Crippen molar-refractivity contribution in [2.24, 2.45) is 0 Å². The molecule has 1 aromatic carbocycles. The number of hydrogen-bond donors (Lipinski definition) is 1. The minimum absolute atomic E-state index is 0.0287. The van der Waals surface area contributed by atoms with Crippen LogP contribution in [0.2, 0.25) is 0 Å². The van der Waals surface area contributed by atoms with E-state index in [2.05, 4.69) is 10.2 Å². The maximum Gasteiger partial charge on any atom is 0.308 e. The van der Waals surface area contributed by atoms with Crippen LogP contribution in [0.5, 0.6) is 0 Å². The molecule has 34 heavy (non-hydrogen) atoms. The molecule has 3 rings (SSSR count). The molecule has 9 heteroatoms. The summed E-state index contributed by atoms with van der Waals surface area (Å²) in [6, 6.07) is 8.20. The molecule has 1 spiro atoms. The van der Waals surface area contributed by atoms with Crippen molar-refractivity contribution in [3.05, 3.63) is 35.9 Å². The number of carbonyl (C=O) groups is 4. The van der Waals surface area contributed by atoms with E-state index in [1.54, 1.807) is 20.8 Å². The number of piperidine rings is 1. The summed E-state index contributed by atoms with van der Waals surface area (Å²) < 4.78 is 10.7. The molecule has 1 N–H and O–H groups in total. The first-order chi connectivity index (χ1) is 16.0. The van der Waals surface area contributed by atoms with Crippen molar-refractivity contribution in [2.75, 3.05) is 26.7 Å². The van der Waals surface area contributed by atoms with E-state index in [-0.39, 0.29) is 37.8 Å². The molecule has 2 heterocycles. The van der Waals surface area contributed by atoms with Gasteiger partial charge in [0, 0.05) is 19.6 Å².